The van der Waals surface area contributed by atoms with Gasteiger partial charge in [0.15, 0.2) is 0 Å². The lowest BCUT2D eigenvalue weighted by Gasteiger charge is -2.36. The Morgan fingerprint density at radius 1 is 1.21 bits per heavy atom. The van der Waals surface area contributed by atoms with E-state index in [1.165, 1.54) is 12.1 Å². The Labute approximate surface area is 166 Å². The fourth-order valence-corrected chi connectivity index (χ4v) is 3.82. The summed E-state index contributed by atoms with van der Waals surface area (Å²) in [6, 6.07) is 12.5. The van der Waals surface area contributed by atoms with Crippen molar-refractivity contribution in [2.45, 2.75) is 32.6 Å². The number of amides is 1. The van der Waals surface area contributed by atoms with E-state index in [9.17, 15) is 9.18 Å². The second-order valence-electron chi connectivity index (χ2n) is 7.37. The molecule has 28 heavy (non-hydrogen) atoms. The zero-order valence-corrected chi connectivity index (χ0v) is 16.6. The molecule has 0 atom stereocenters. The van der Waals surface area contributed by atoms with Crippen LogP contribution in [0.3, 0.4) is 0 Å². The summed E-state index contributed by atoms with van der Waals surface area (Å²) in [7, 11) is 1.58. The van der Waals surface area contributed by atoms with Gasteiger partial charge >= 0.3 is 0 Å². The average molecular weight is 385 g/mol. The first kappa shape index (κ1) is 20.3. The highest BCUT2D eigenvalue weighted by Gasteiger charge is 2.39. The summed E-state index contributed by atoms with van der Waals surface area (Å²) in [5.74, 6) is 0.424. The molecule has 1 aliphatic rings. The number of carbonyl (C=O) groups is 1. The maximum atomic E-state index is 13.8. The lowest BCUT2D eigenvalue weighted by atomic mass is 9.74. The number of carbonyl (C=O) groups excluding carboxylic acids is 1. The van der Waals surface area contributed by atoms with E-state index in [4.69, 9.17) is 9.47 Å². The van der Waals surface area contributed by atoms with E-state index in [0.717, 1.165) is 17.5 Å². The minimum atomic E-state index is -0.460. The zero-order chi connectivity index (χ0) is 20.0. The van der Waals surface area contributed by atoms with Crippen LogP contribution >= 0.6 is 0 Å². The molecule has 1 saturated heterocycles. The van der Waals surface area contributed by atoms with Gasteiger partial charge in [-0.05, 0) is 55.0 Å². The summed E-state index contributed by atoms with van der Waals surface area (Å²) >= 11 is 0. The number of hydrogen-bond donors (Lipinski definition) is 1. The quantitative estimate of drug-likeness (QED) is 0.770. The van der Waals surface area contributed by atoms with Crippen molar-refractivity contribution in [1.82, 2.24) is 5.32 Å². The Hall–Kier alpha value is -2.40. The number of halogens is 1. The van der Waals surface area contributed by atoms with Crippen LogP contribution in [0.4, 0.5) is 4.39 Å². The predicted octanol–water partition coefficient (Wildman–Crippen LogP) is 4.37. The number of hydrogen-bond acceptors (Lipinski definition) is 3. The number of ether oxygens (including phenoxy) is 2. The zero-order valence-electron chi connectivity index (χ0n) is 16.6. The molecule has 0 aromatic heterocycles. The van der Waals surface area contributed by atoms with Crippen molar-refractivity contribution in [1.29, 1.82) is 0 Å². The topological polar surface area (TPSA) is 47.6 Å². The molecule has 3 rings (SSSR count). The van der Waals surface area contributed by atoms with E-state index in [0.29, 0.717) is 50.3 Å². The van der Waals surface area contributed by atoms with Crippen LogP contribution in [0.25, 0.3) is 11.1 Å². The molecule has 0 unspecified atom stereocenters. The molecule has 1 N–H and O–H groups in total. The van der Waals surface area contributed by atoms with E-state index in [-0.39, 0.29) is 11.7 Å². The molecule has 4 nitrogen and oxygen atoms in total. The second kappa shape index (κ2) is 9.20. The van der Waals surface area contributed by atoms with E-state index >= 15 is 0 Å². The lowest BCUT2D eigenvalue weighted by molar-refractivity contribution is -0.136. The van der Waals surface area contributed by atoms with Gasteiger partial charge in [0.25, 0.3) is 0 Å². The monoisotopic (exact) mass is 385 g/mol. The first-order valence-corrected chi connectivity index (χ1v) is 9.87. The minimum absolute atomic E-state index is 0.103. The fourth-order valence-electron chi connectivity index (χ4n) is 3.82. The Morgan fingerprint density at radius 3 is 2.71 bits per heavy atom. The van der Waals surface area contributed by atoms with Crippen LogP contribution in [0.5, 0.6) is 5.75 Å². The van der Waals surface area contributed by atoms with Gasteiger partial charge in [0, 0.05) is 25.3 Å². The van der Waals surface area contributed by atoms with E-state index in [1.54, 1.807) is 13.2 Å². The normalized spacial score (nSPS) is 15.8. The van der Waals surface area contributed by atoms with E-state index in [1.807, 2.05) is 31.2 Å². The highest BCUT2D eigenvalue weighted by atomic mass is 19.1. The van der Waals surface area contributed by atoms with Gasteiger partial charge in [-0.2, -0.15) is 0 Å². The molecule has 1 heterocycles. The molecular formula is C23H28FNO3. The molecule has 150 valence electrons. The summed E-state index contributed by atoms with van der Waals surface area (Å²) in [6.45, 7) is 3.92. The molecule has 2 aromatic carbocycles. The third-order valence-corrected chi connectivity index (χ3v) is 5.41. The van der Waals surface area contributed by atoms with Crippen LogP contribution in [0.15, 0.2) is 42.5 Å². The van der Waals surface area contributed by atoms with Gasteiger partial charge in [-0.1, -0.05) is 31.2 Å². The van der Waals surface area contributed by atoms with Crippen molar-refractivity contribution >= 4 is 5.91 Å². The average Bonchev–Trinajstić information content (AvgIpc) is 2.72. The van der Waals surface area contributed by atoms with Crippen molar-refractivity contribution in [3.8, 4) is 16.9 Å². The van der Waals surface area contributed by atoms with Crippen LogP contribution in [0.1, 0.15) is 31.7 Å². The maximum absolute atomic E-state index is 13.8. The summed E-state index contributed by atoms with van der Waals surface area (Å²) in [6.07, 6.45) is 2.96. The second-order valence-corrected chi connectivity index (χ2v) is 7.37. The lowest BCUT2D eigenvalue weighted by Crippen LogP contribution is -2.46. The molecule has 1 aliphatic heterocycles. The summed E-state index contributed by atoms with van der Waals surface area (Å²) < 4.78 is 24.7. The molecule has 1 fully saturated rings. The third-order valence-electron chi connectivity index (χ3n) is 5.41. The molecule has 5 heteroatoms. The fraction of sp³-hybridized carbons (Fsp3) is 0.435. The molecular weight excluding hydrogens is 357 g/mol. The first-order valence-electron chi connectivity index (χ1n) is 9.87. The molecule has 0 bridgehead atoms. The standard InChI is InChI=1S/C23H28FNO3/c1-3-11-25-22(26)23(9-12-28-13-10-23)16-17-5-4-6-18(14-17)20-15-19(24)7-8-21(20)27-2/h4-8,14-15H,3,9-13,16H2,1-2H3,(H,25,26). The molecule has 0 spiro atoms. The van der Waals surface area contributed by atoms with Crippen LogP contribution in [-0.2, 0) is 16.0 Å². The van der Waals surface area contributed by atoms with E-state index in [2.05, 4.69) is 5.32 Å². The van der Waals surface area contributed by atoms with Crippen molar-refractivity contribution in [2.75, 3.05) is 26.9 Å². The third kappa shape index (κ3) is 4.53. The Balaban J connectivity index is 1.90. The maximum Gasteiger partial charge on any atom is 0.226 e. The minimum Gasteiger partial charge on any atom is -0.496 e. The number of rotatable bonds is 7. The highest BCUT2D eigenvalue weighted by molar-refractivity contribution is 5.83. The number of benzene rings is 2. The highest BCUT2D eigenvalue weighted by Crippen LogP contribution is 2.37. The molecule has 2 aromatic rings. The first-order chi connectivity index (χ1) is 13.6. The van der Waals surface area contributed by atoms with Crippen LogP contribution in [-0.4, -0.2) is 32.8 Å². The van der Waals surface area contributed by atoms with E-state index < -0.39 is 5.41 Å². The van der Waals surface area contributed by atoms with Crippen molar-refractivity contribution in [3.63, 3.8) is 0 Å². The van der Waals surface area contributed by atoms with Gasteiger partial charge in [0.1, 0.15) is 11.6 Å². The molecule has 0 aliphatic carbocycles. The Morgan fingerprint density at radius 2 is 2.00 bits per heavy atom. The molecule has 0 radical (unpaired) electrons. The SMILES string of the molecule is CCCNC(=O)C1(Cc2cccc(-c3cc(F)ccc3OC)c2)CCOCC1. The van der Waals surface area contributed by atoms with Gasteiger partial charge in [-0.3, -0.25) is 4.79 Å². The molecule has 0 saturated carbocycles. The molecule has 1 amide bonds. The van der Waals surface area contributed by atoms with Crippen LogP contribution in [0, 0.1) is 11.2 Å². The number of nitrogens with one attached hydrogen (secondary N) is 1. The van der Waals surface area contributed by atoms with Crippen molar-refractivity contribution in [3.05, 3.63) is 53.8 Å². The number of methoxy groups -OCH3 is 1. The predicted molar refractivity (Wildman–Crippen MR) is 108 cm³/mol. The smallest absolute Gasteiger partial charge is 0.226 e. The largest absolute Gasteiger partial charge is 0.496 e. The Bertz CT molecular complexity index is 815. The van der Waals surface area contributed by atoms with Crippen LogP contribution < -0.4 is 10.1 Å². The summed E-state index contributed by atoms with van der Waals surface area (Å²) in [5.41, 5.74) is 2.18. The summed E-state index contributed by atoms with van der Waals surface area (Å²) in [5, 5.41) is 3.07. The van der Waals surface area contributed by atoms with Gasteiger partial charge < -0.3 is 14.8 Å². The van der Waals surface area contributed by atoms with Gasteiger partial charge in [0.05, 0.1) is 12.5 Å². The van der Waals surface area contributed by atoms with Gasteiger partial charge in [-0.25, -0.2) is 4.39 Å². The van der Waals surface area contributed by atoms with Gasteiger partial charge in [0.2, 0.25) is 5.91 Å². The van der Waals surface area contributed by atoms with Gasteiger partial charge in [-0.15, -0.1) is 0 Å². The van der Waals surface area contributed by atoms with Crippen LogP contribution in [0.2, 0.25) is 0 Å². The van der Waals surface area contributed by atoms with Crippen molar-refractivity contribution in [2.24, 2.45) is 5.41 Å². The Kier molecular flexibility index (Phi) is 6.68. The van der Waals surface area contributed by atoms with Crippen molar-refractivity contribution < 1.29 is 18.7 Å². The summed E-state index contributed by atoms with van der Waals surface area (Å²) in [4.78, 5) is 12.9.